The van der Waals surface area contributed by atoms with E-state index in [1.807, 2.05) is 18.3 Å². The molecule has 2 aliphatic heterocycles. The first-order valence-electron chi connectivity index (χ1n) is 9.60. The zero-order valence-corrected chi connectivity index (χ0v) is 15.7. The van der Waals surface area contributed by atoms with E-state index in [0.29, 0.717) is 13.1 Å². The van der Waals surface area contributed by atoms with E-state index in [-0.39, 0.29) is 11.9 Å². The lowest BCUT2D eigenvalue weighted by atomic mass is 10.0. The summed E-state index contributed by atoms with van der Waals surface area (Å²) in [7, 11) is 2.12. The summed E-state index contributed by atoms with van der Waals surface area (Å²) >= 11 is 0. The number of carbonyl (C=O) groups is 1. The van der Waals surface area contributed by atoms with Gasteiger partial charge in [0.2, 0.25) is 5.91 Å². The van der Waals surface area contributed by atoms with Crippen LogP contribution in [0.5, 0.6) is 0 Å². The maximum absolute atomic E-state index is 12.4. The summed E-state index contributed by atoms with van der Waals surface area (Å²) in [6.07, 6.45) is 4.97. The fourth-order valence-corrected chi connectivity index (χ4v) is 3.77. The molecule has 2 aliphatic rings. The maximum Gasteiger partial charge on any atom is 0.234 e. The molecule has 1 amide bonds. The molecular formula is C19H31N5O2. The van der Waals surface area contributed by atoms with Crippen LogP contribution in [0.3, 0.4) is 0 Å². The van der Waals surface area contributed by atoms with Crippen molar-refractivity contribution in [2.45, 2.75) is 31.5 Å². The van der Waals surface area contributed by atoms with E-state index in [4.69, 9.17) is 0 Å². The van der Waals surface area contributed by atoms with Crippen LogP contribution >= 0.6 is 0 Å². The molecule has 0 bridgehead atoms. The van der Waals surface area contributed by atoms with Gasteiger partial charge in [-0.1, -0.05) is 6.07 Å². The minimum Gasteiger partial charge on any atom is -0.390 e. The predicted octanol–water partition coefficient (Wildman–Crippen LogP) is -0.229. The number of aliphatic hydroxyl groups excluding tert-OH is 1. The first kappa shape index (κ1) is 19.2. The van der Waals surface area contributed by atoms with Crippen molar-refractivity contribution >= 4 is 5.91 Å². The minimum atomic E-state index is -0.528. The average Bonchev–Trinajstić information content (AvgIpc) is 2.82. The molecule has 0 aliphatic carbocycles. The van der Waals surface area contributed by atoms with Gasteiger partial charge in [-0.2, -0.15) is 0 Å². The Bertz CT molecular complexity index is 570. The topological polar surface area (TPSA) is 71.9 Å². The van der Waals surface area contributed by atoms with Crippen LogP contribution in [0.15, 0.2) is 24.5 Å². The molecule has 1 aromatic rings. The van der Waals surface area contributed by atoms with Gasteiger partial charge in [0.25, 0.3) is 0 Å². The molecule has 144 valence electrons. The summed E-state index contributed by atoms with van der Waals surface area (Å²) < 4.78 is 0. The smallest absolute Gasteiger partial charge is 0.234 e. The standard InChI is InChI=1S/C19H31N5O2/c1-22-7-3-8-23(11-10-22)15-19(26)21-17-5-9-24(14-18(17)25)13-16-4-2-6-20-12-16/h2,4,6,12,17-18,25H,3,5,7-11,13-15H2,1H3,(H,21,26)/t17-,18-/m1/s1. The molecule has 3 heterocycles. The molecule has 0 saturated carbocycles. The van der Waals surface area contributed by atoms with Crippen LogP contribution in [-0.2, 0) is 11.3 Å². The van der Waals surface area contributed by atoms with Gasteiger partial charge in [-0.3, -0.25) is 19.6 Å². The predicted molar refractivity (Wildman–Crippen MR) is 101 cm³/mol. The Kier molecular flexibility index (Phi) is 6.96. The zero-order valence-electron chi connectivity index (χ0n) is 15.7. The number of likely N-dealkylation sites (tertiary alicyclic amines) is 1. The number of hydrogen-bond acceptors (Lipinski definition) is 6. The highest BCUT2D eigenvalue weighted by Gasteiger charge is 2.29. The van der Waals surface area contributed by atoms with Crippen LogP contribution < -0.4 is 5.32 Å². The summed E-state index contributed by atoms with van der Waals surface area (Å²) in [6.45, 7) is 6.64. The molecule has 7 heteroatoms. The van der Waals surface area contributed by atoms with Crippen LogP contribution in [0.2, 0.25) is 0 Å². The summed E-state index contributed by atoms with van der Waals surface area (Å²) in [5.41, 5.74) is 1.15. The molecule has 0 aromatic carbocycles. The highest BCUT2D eigenvalue weighted by atomic mass is 16.3. The van der Waals surface area contributed by atoms with Crippen molar-refractivity contribution in [3.8, 4) is 0 Å². The molecule has 26 heavy (non-hydrogen) atoms. The lowest BCUT2D eigenvalue weighted by molar-refractivity contribution is -0.124. The van der Waals surface area contributed by atoms with Gasteiger partial charge in [0.1, 0.15) is 0 Å². The molecule has 2 N–H and O–H groups in total. The monoisotopic (exact) mass is 361 g/mol. The van der Waals surface area contributed by atoms with Crippen LogP contribution in [0.1, 0.15) is 18.4 Å². The molecule has 2 saturated heterocycles. The number of nitrogens with zero attached hydrogens (tertiary/aromatic N) is 4. The van der Waals surface area contributed by atoms with E-state index in [0.717, 1.165) is 57.7 Å². The van der Waals surface area contributed by atoms with Gasteiger partial charge in [0.05, 0.1) is 18.7 Å². The second kappa shape index (κ2) is 9.41. The second-order valence-corrected chi connectivity index (χ2v) is 7.56. The Hall–Kier alpha value is -1.54. The van der Waals surface area contributed by atoms with Crippen molar-refractivity contribution in [1.82, 2.24) is 25.0 Å². The van der Waals surface area contributed by atoms with Gasteiger partial charge in [0.15, 0.2) is 0 Å². The van der Waals surface area contributed by atoms with E-state index < -0.39 is 6.10 Å². The Morgan fingerprint density at radius 2 is 2.15 bits per heavy atom. The summed E-state index contributed by atoms with van der Waals surface area (Å²) in [6, 6.07) is 3.83. The maximum atomic E-state index is 12.4. The molecule has 2 atom stereocenters. The van der Waals surface area contributed by atoms with Crippen LogP contribution in [0, 0.1) is 0 Å². The van der Waals surface area contributed by atoms with E-state index in [1.54, 1.807) is 6.20 Å². The van der Waals surface area contributed by atoms with Gasteiger partial charge >= 0.3 is 0 Å². The SMILES string of the molecule is CN1CCCN(CC(=O)N[C@@H]2CCN(Cc3cccnc3)C[C@H]2O)CC1. The molecule has 0 radical (unpaired) electrons. The van der Waals surface area contributed by atoms with Crippen molar-refractivity contribution in [3.05, 3.63) is 30.1 Å². The third kappa shape index (κ3) is 5.74. The number of pyridine rings is 1. The largest absolute Gasteiger partial charge is 0.390 e. The number of nitrogens with one attached hydrogen (secondary N) is 1. The van der Waals surface area contributed by atoms with Crippen molar-refractivity contribution in [2.75, 3.05) is 52.9 Å². The van der Waals surface area contributed by atoms with Gasteiger partial charge in [-0.15, -0.1) is 0 Å². The van der Waals surface area contributed by atoms with E-state index >= 15 is 0 Å². The summed E-state index contributed by atoms with van der Waals surface area (Å²) in [5, 5.41) is 13.5. The Morgan fingerprint density at radius 1 is 1.27 bits per heavy atom. The summed E-state index contributed by atoms with van der Waals surface area (Å²) in [4.78, 5) is 23.3. The number of amides is 1. The van der Waals surface area contributed by atoms with Crippen LogP contribution in [0.4, 0.5) is 0 Å². The van der Waals surface area contributed by atoms with Gasteiger partial charge in [-0.05, 0) is 44.6 Å². The van der Waals surface area contributed by atoms with Gasteiger partial charge < -0.3 is 15.3 Å². The number of aliphatic hydroxyl groups is 1. The van der Waals surface area contributed by atoms with E-state index in [2.05, 4.69) is 32.0 Å². The Labute approximate surface area is 156 Å². The molecule has 7 nitrogen and oxygen atoms in total. The van der Waals surface area contributed by atoms with Gasteiger partial charge in [-0.25, -0.2) is 0 Å². The van der Waals surface area contributed by atoms with Crippen molar-refractivity contribution < 1.29 is 9.90 Å². The highest BCUT2D eigenvalue weighted by Crippen LogP contribution is 2.14. The van der Waals surface area contributed by atoms with Crippen LogP contribution in [0.25, 0.3) is 0 Å². The number of aromatic nitrogens is 1. The summed E-state index contributed by atoms with van der Waals surface area (Å²) in [5.74, 6) is 0.0271. The zero-order chi connectivity index (χ0) is 18.4. The molecule has 2 fully saturated rings. The number of likely N-dealkylation sites (N-methyl/N-ethyl adjacent to an activating group) is 1. The molecular weight excluding hydrogens is 330 g/mol. The van der Waals surface area contributed by atoms with Gasteiger partial charge in [0, 0.05) is 45.1 Å². The first-order valence-corrected chi connectivity index (χ1v) is 9.60. The van der Waals surface area contributed by atoms with Crippen LogP contribution in [-0.4, -0.2) is 95.7 Å². The Balaban J connectivity index is 1.42. The number of carbonyl (C=O) groups excluding carboxylic acids is 1. The van der Waals surface area contributed by atoms with E-state index in [1.165, 1.54) is 0 Å². The lowest BCUT2D eigenvalue weighted by Gasteiger charge is -2.36. The molecule has 3 rings (SSSR count). The minimum absolute atomic E-state index is 0.0271. The first-order chi connectivity index (χ1) is 12.6. The fourth-order valence-electron chi connectivity index (χ4n) is 3.77. The normalized spacial score (nSPS) is 26.4. The number of hydrogen-bond donors (Lipinski definition) is 2. The molecule has 1 aromatic heterocycles. The number of rotatable bonds is 5. The molecule has 0 spiro atoms. The highest BCUT2D eigenvalue weighted by molar-refractivity contribution is 5.78. The van der Waals surface area contributed by atoms with Crippen molar-refractivity contribution in [3.63, 3.8) is 0 Å². The number of piperidine rings is 1. The fraction of sp³-hybridized carbons (Fsp3) is 0.684. The third-order valence-corrected chi connectivity index (χ3v) is 5.32. The third-order valence-electron chi connectivity index (χ3n) is 5.32. The second-order valence-electron chi connectivity index (χ2n) is 7.56. The lowest BCUT2D eigenvalue weighted by Crippen LogP contribution is -2.55. The molecule has 0 unspecified atom stereocenters. The number of β-amino-alcohol motifs (C(OH)–C–C–N with tert-alkyl or cyclic N) is 1. The van der Waals surface area contributed by atoms with Crippen molar-refractivity contribution in [2.24, 2.45) is 0 Å². The quantitative estimate of drug-likeness (QED) is 0.755. The Morgan fingerprint density at radius 3 is 2.92 bits per heavy atom. The average molecular weight is 361 g/mol. The van der Waals surface area contributed by atoms with Crippen molar-refractivity contribution in [1.29, 1.82) is 0 Å². The van der Waals surface area contributed by atoms with E-state index in [9.17, 15) is 9.90 Å².